The lowest BCUT2D eigenvalue weighted by atomic mass is 9.96. The van der Waals surface area contributed by atoms with E-state index in [1.807, 2.05) is 36.4 Å². The van der Waals surface area contributed by atoms with Crippen LogP contribution in [0.2, 0.25) is 0 Å². The molecule has 0 spiro atoms. The van der Waals surface area contributed by atoms with Crippen LogP contribution in [-0.4, -0.2) is 13.2 Å². The molecule has 3 heteroatoms. The number of hydrogen-bond acceptors (Lipinski definition) is 2. The first kappa shape index (κ1) is 12.2. The van der Waals surface area contributed by atoms with E-state index in [4.69, 9.17) is 4.74 Å². The normalized spacial score (nSPS) is 18.9. The Balaban J connectivity index is 2.08. The molecule has 19 heavy (non-hydrogen) atoms. The van der Waals surface area contributed by atoms with Gasteiger partial charge in [0.25, 0.3) is 0 Å². The third-order valence-electron chi connectivity index (χ3n) is 3.37. The maximum absolute atomic E-state index is 14.0. The second-order valence-corrected chi connectivity index (χ2v) is 4.65. The van der Waals surface area contributed by atoms with Crippen LogP contribution in [0.3, 0.4) is 0 Å². The number of fused-ring (bicyclic) bond motifs is 1. The van der Waals surface area contributed by atoms with Crippen LogP contribution in [0.15, 0.2) is 48.5 Å². The van der Waals surface area contributed by atoms with Gasteiger partial charge in [0.15, 0.2) is 0 Å². The average Bonchev–Trinajstić information content (AvgIpc) is 2.41. The van der Waals surface area contributed by atoms with Crippen molar-refractivity contribution < 1.29 is 9.13 Å². The number of rotatable bonds is 1. The Morgan fingerprint density at radius 3 is 2.58 bits per heavy atom. The molecular weight excluding hydrogens is 241 g/mol. The third-order valence-corrected chi connectivity index (χ3v) is 3.37. The number of halogens is 1. The monoisotopic (exact) mass is 257 g/mol. The molecule has 0 bridgehead atoms. The predicted molar refractivity (Wildman–Crippen MR) is 72.8 cm³/mol. The Hall–Kier alpha value is -1.87. The summed E-state index contributed by atoms with van der Waals surface area (Å²) >= 11 is 0. The molecule has 1 aliphatic rings. The highest BCUT2D eigenvalue weighted by atomic mass is 19.1. The van der Waals surface area contributed by atoms with Crippen LogP contribution in [0.25, 0.3) is 0 Å². The van der Waals surface area contributed by atoms with Crippen LogP contribution in [0.1, 0.15) is 23.6 Å². The molecule has 2 aromatic rings. The highest BCUT2D eigenvalue weighted by Crippen LogP contribution is 2.32. The molecule has 0 saturated heterocycles. The molecule has 2 nitrogen and oxygen atoms in total. The molecule has 98 valence electrons. The van der Waals surface area contributed by atoms with Crippen LogP contribution in [-0.2, 0) is 0 Å². The van der Waals surface area contributed by atoms with Gasteiger partial charge in [-0.15, -0.1) is 0 Å². The first-order valence-electron chi connectivity index (χ1n) is 6.56. The SMILES string of the molecule is Fc1ccccc1C1NCCCOc2ccccc21. The molecule has 0 aromatic heterocycles. The van der Waals surface area contributed by atoms with Gasteiger partial charge in [-0.25, -0.2) is 4.39 Å². The number of ether oxygens (including phenoxy) is 1. The van der Waals surface area contributed by atoms with E-state index in [-0.39, 0.29) is 11.9 Å². The van der Waals surface area contributed by atoms with Gasteiger partial charge < -0.3 is 10.1 Å². The van der Waals surface area contributed by atoms with Crippen LogP contribution in [0.5, 0.6) is 5.75 Å². The lowest BCUT2D eigenvalue weighted by molar-refractivity contribution is 0.289. The van der Waals surface area contributed by atoms with Gasteiger partial charge in [0, 0.05) is 11.1 Å². The Labute approximate surface area is 112 Å². The van der Waals surface area contributed by atoms with Crippen LogP contribution in [0.4, 0.5) is 4.39 Å². The second-order valence-electron chi connectivity index (χ2n) is 4.65. The van der Waals surface area contributed by atoms with E-state index in [2.05, 4.69) is 5.32 Å². The van der Waals surface area contributed by atoms with E-state index >= 15 is 0 Å². The number of para-hydroxylation sites is 1. The fourth-order valence-corrected chi connectivity index (χ4v) is 2.45. The predicted octanol–water partition coefficient (Wildman–Crippen LogP) is 3.29. The summed E-state index contributed by atoms with van der Waals surface area (Å²) in [6.45, 7) is 1.50. The summed E-state index contributed by atoms with van der Waals surface area (Å²) < 4.78 is 19.8. The van der Waals surface area contributed by atoms with E-state index in [1.165, 1.54) is 6.07 Å². The topological polar surface area (TPSA) is 21.3 Å². The minimum Gasteiger partial charge on any atom is -0.493 e. The summed E-state index contributed by atoms with van der Waals surface area (Å²) in [5, 5.41) is 3.41. The Morgan fingerprint density at radius 2 is 1.74 bits per heavy atom. The summed E-state index contributed by atoms with van der Waals surface area (Å²) in [4.78, 5) is 0. The van der Waals surface area contributed by atoms with Gasteiger partial charge in [0.1, 0.15) is 11.6 Å². The average molecular weight is 257 g/mol. The molecule has 0 aliphatic carbocycles. The summed E-state index contributed by atoms with van der Waals surface area (Å²) in [5.41, 5.74) is 1.66. The number of hydrogen-bond donors (Lipinski definition) is 1. The van der Waals surface area contributed by atoms with Gasteiger partial charge in [0.05, 0.1) is 12.6 Å². The van der Waals surface area contributed by atoms with Crippen molar-refractivity contribution in [3.8, 4) is 5.75 Å². The maximum Gasteiger partial charge on any atom is 0.128 e. The first-order valence-corrected chi connectivity index (χ1v) is 6.56. The van der Waals surface area contributed by atoms with Crippen molar-refractivity contribution in [1.82, 2.24) is 5.32 Å². The van der Waals surface area contributed by atoms with Crippen molar-refractivity contribution in [1.29, 1.82) is 0 Å². The third kappa shape index (κ3) is 2.47. The van der Waals surface area contributed by atoms with Crippen LogP contribution >= 0.6 is 0 Å². The van der Waals surface area contributed by atoms with Gasteiger partial charge in [-0.1, -0.05) is 36.4 Å². The van der Waals surface area contributed by atoms with Gasteiger partial charge in [0.2, 0.25) is 0 Å². The van der Waals surface area contributed by atoms with Gasteiger partial charge in [-0.05, 0) is 25.1 Å². The molecule has 0 saturated carbocycles. The molecule has 2 aromatic carbocycles. The highest BCUT2D eigenvalue weighted by molar-refractivity contribution is 5.42. The Morgan fingerprint density at radius 1 is 1.00 bits per heavy atom. The number of nitrogens with one attached hydrogen (secondary N) is 1. The molecule has 1 unspecified atom stereocenters. The summed E-state index contributed by atoms with van der Waals surface area (Å²) in [7, 11) is 0. The van der Waals surface area contributed by atoms with Crippen molar-refractivity contribution in [3.63, 3.8) is 0 Å². The molecule has 0 amide bonds. The minimum atomic E-state index is -0.185. The molecule has 1 atom stereocenters. The smallest absolute Gasteiger partial charge is 0.128 e. The zero-order chi connectivity index (χ0) is 13.1. The second kappa shape index (κ2) is 5.41. The fourth-order valence-electron chi connectivity index (χ4n) is 2.45. The van der Waals surface area contributed by atoms with E-state index in [9.17, 15) is 4.39 Å². The molecule has 1 heterocycles. The lowest BCUT2D eigenvalue weighted by Gasteiger charge is -2.25. The zero-order valence-electron chi connectivity index (χ0n) is 10.6. The first-order chi connectivity index (χ1) is 9.36. The summed E-state index contributed by atoms with van der Waals surface area (Å²) in [5.74, 6) is 0.651. The molecule has 3 rings (SSSR count). The zero-order valence-corrected chi connectivity index (χ0v) is 10.6. The van der Waals surface area contributed by atoms with Crippen molar-refractivity contribution in [2.75, 3.05) is 13.2 Å². The highest BCUT2D eigenvalue weighted by Gasteiger charge is 2.21. The van der Waals surface area contributed by atoms with Gasteiger partial charge in [-0.3, -0.25) is 0 Å². The molecule has 0 fully saturated rings. The van der Waals surface area contributed by atoms with Crippen molar-refractivity contribution in [3.05, 3.63) is 65.5 Å². The molecule has 0 radical (unpaired) electrons. The summed E-state index contributed by atoms with van der Waals surface area (Å²) in [6.07, 6.45) is 0.916. The van der Waals surface area contributed by atoms with Crippen LogP contribution in [0, 0.1) is 5.82 Å². The molecular formula is C16H16FNO. The van der Waals surface area contributed by atoms with Crippen LogP contribution < -0.4 is 10.1 Å². The van der Waals surface area contributed by atoms with Crippen molar-refractivity contribution in [2.45, 2.75) is 12.5 Å². The van der Waals surface area contributed by atoms with E-state index in [0.29, 0.717) is 12.2 Å². The van der Waals surface area contributed by atoms with Crippen molar-refractivity contribution in [2.24, 2.45) is 0 Å². The largest absolute Gasteiger partial charge is 0.493 e. The van der Waals surface area contributed by atoms with E-state index < -0.39 is 0 Å². The van der Waals surface area contributed by atoms with Gasteiger partial charge >= 0.3 is 0 Å². The maximum atomic E-state index is 14.0. The molecule has 1 aliphatic heterocycles. The van der Waals surface area contributed by atoms with E-state index in [0.717, 1.165) is 24.3 Å². The van der Waals surface area contributed by atoms with Gasteiger partial charge in [-0.2, -0.15) is 0 Å². The minimum absolute atomic E-state index is 0.155. The van der Waals surface area contributed by atoms with E-state index in [1.54, 1.807) is 6.07 Å². The molecule has 1 N–H and O–H groups in total. The lowest BCUT2D eigenvalue weighted by Crippen LogP contribution is -2.28. The number of benzene rings is 2. The Bertz CT molecular complexity index is 570. The quantitative estimate of drug-likeness (QED) is 0.846. The standard InChI is InChI=1S/C16H16FNO/c17-14-8-3-1-6-12(14)16-13-7-2-4-9-15(13)19-11-5-10-18-16/h1-4,6-9,16,18H,5,10-11H2. The summed E-state index contributed by atoms with van der Waals surface area (Å²) in [6, 6.07) is 14.6. The Kier molecular flexibility index (Phi) is 3.47. The van der Waals surface area contributed by atoms with Crippen molar-refractivity contribution >= 4 is 0 Å². The fraction of sp³-hybridized carbons (Fsp3) is 0.250.